The highest BCUT2D eigenvalue weighted by Crippen LogP contribution is 2.34. The van der Waals surface area contributed by atoms with Crippen LogP contribution in [0.5, 0.6) is 0 Å². The molecule has 0 spiro atoms. The number of halogens is 4. The molecule has 0 aliphatic carbocycles. The van der Waals surface area contributed by atoms with E-state index in [4.69, 9.17) is 11.6 Å². The molecule has 1 N–H and O–H groups in total. The normalized spacial score (nSPS) is 12.6. The lowest BCUT2D eigenvalue weighted by molar-refractivity contribution is -0.137. The number of thiazole rings is 1. The molecule has 4 nitrogen and oxygen atoms in total. The summed E-state index contributed by atoms with van der Waals surface area (Å²) in [5.74, 6) is 0.0144. The molecule has 3 rings (SSSR count). The molecule has 0 bridgehead atoms. The third kappa shape index (κ3) is 6.51. The van der Waals surface area contributed by atoms with Crippen LogP contribution < -0.4 is 5.32 Å². The monoisotopic (exact) mass is 509 g/mol. The van der Waals surface area contributed by atoms with Crippen LogP contribution in [-0.4, -0.2) is 29.4 Å². The highest BCUT2D eigenvalue weighted by molar-refractivity contribution is 7.09. The van der Waals surface area contributed by atoms with Gasteiger partial charge in [-0.15, -0.1) is 11.3 Å². The molecule has 1 unspecified atom stereocenters. The van der Waals surface area contributed by atoms with Crippen molar-refractivity contribution in [3.8, 4) is 0 Å². The van der Waals surface area contributed by atoms with E-state index in [2.05, 4.69) is 24.1 Å². The molecule has 0 fully saturated rings. The van der Waals surface area contributed by atoms with Crippen LogP contribution in [0.3, 0.4) is 0 Å². The standard InChI is InChI=1S/C25H27ClF3N3OS/c1-16(2)13-22(23-31-10-12-34-23)32(24(33)20-15-19(26)7-8-21(20)30-3)11-9-17-5-4-6-18(14-17)25(27,28)29/h4-8,10,12,14-16,22,30H,9,11,13H2,1-3H3. The largest absolute Gasteiger partial charge is 0.416 e. The van der Waals surface area contributed by atoms with Crippen LogP contribution in [0.1, 0.15) is 52.8 Å². The van der Waals surface area contributed by atoms with Gasteiger partial charge in [-0.1, -0.05) is 43.6 Å². The Morgan fingerprint density at radius 1 is 1.21 bits per heavy atom. The van der Waals surface area contributed by atoms with Gasteiger partial charge >= 0.3 is 6.18 Å². The van der Waals surface area contributed by atoms with E-state index in [1.165, 1.54) is 17.4 Å². The number of hydrogen-bond acceptors (Lipinski definition) is 4. The van der Waals surface area contributed by atoms with E-state index in [0.717, 1.165) is 17.1 Å². The summed E-state index contributed by atoms with van der Waals surface area (Å²) < 4.78 is 39.6. The van der Waals surface area contributed by atoms with Crippen LogP contribution in [0.25, 0.3) is 0 Å². The SMILES string of the molecule is CNc1ccc(Cl)cc1C(=O)N(CCc1cccc(C(F)(F)F)c1)C(CC(C)C)c1nccs1. The van der Waals surface area contributed by atoms with Crippen molar-refractivity contribution in [3.05, 3.63) is 80.8 Å². The molecule has 1 amide bonds. The minimum Gasteiger partial charge on any atom is -0.387 e. The van der Waals surface area contributed by atoms with Crippen LogP contribution in [-0.2, 0) is 12.6 Å². The fraction of sp³-hybridized carbons (Fsp3) is 0.360. The van der Waals surface area contributed by atoms with Crippen molar-refractivity contribution in [2.45, 2.75) is 38.9 Å². The minimum absolute atomic E-state index is 0.229. The average Bonchev–Trinajstić information content (AvgIpc) is 3.32. The van der Waals surface area contributed by atoms with E-state index < -0.39 is 11.7 Å². The Labute approximate surface area is 206 Å². The van der Waals surface area contributed by atoms with Gasteiger partial charge in [-0.05, 0) is 48.6 Å². The Balaban J connectivity index is 2.00. The third-order valence-electron chi connectivity index (χ3n) is 5.45. The van der Waals surface area contributed by atoms with Gasteiger partial charge in [0.1, 0.15) is 5.01 Å². The van der Waals surface area contributed by atoms with Crippen molar-refractivity contribution in [2.24, 2.45) is 5.92 Å². The van der Waals surface area contributed by atoms with Gasteiger partial charge in [-0.2, -0.15) is 13.2 Å². The molecule has 1 atom stereocenters. The molecule has 182 valence electrons. The first kappa shape index (κ1) is 26.0. The lowest BCUT2D eigenvalue weighted by Crippen LogP contribution is -2.37. The van der Waals surface area contributed by atoms with Crippen molar-refractivity contribution in [2.75, 3.05) is 18.9 Å². The number of nitrogens with one attached hydrogen (secondary N) is 1. The predicted octanol–water partition coefficient (Wildman–Crippen LogP) is 7.33. The number of carbonyl (C=O) groups is 1. The van der Waals surface area contributed by atoms with Crippen molar-refractivity contribution in [1.82, 2.24) is 9.88 Å². The molecule has 34 heavy (non-hydrogen) atoms. The van der Waals surface area contributed by atoms with E-state index in [9.17, 15) is 18.0 Å². The number of nitrogens with zero attached hydrogens (tertiary/aromatic N) is 2. The first-order valence-corrected chi connectivity index (χ1v) is 12.2. The second-order valence-corrected chi connectivity index (χ2v) is 9.76. The van der Waals surface area contributed by atoms with Gasteiger partial charge in [0.25, 0.3) is 5.91 Å². The summed E-state index contributed by atoms with van der Waals surface area (Å²) in [4.78, 5) is 20.0. The molecule has 0 saturated carbocycles. The fourth-order valence-corrected chi connectivity index (χ4v) is 4.76. The van der Waals surface area contributed by atoms with Crippen LogP contribution in [0.2, 0.25) is 5.02 Å². The van der Waals surface area contributed by atoms with Gasteiger partial charge in [0, 0.05) is 35.9 Å². The molecule has 3 aromatic rings. The molecule has 0 aliphatic rings. The summed E-state index contributed by atoms with van der Waals surface area (Å²) in [5, 5.41) is 6.10. The lowest BCUT2D eigenvalue weighted by atomic mass is 10.00. The van der Waals surface area contributed by atoms with E-state index in [1.54, 1.807) is 42.4 Å². The molecule has 9 heteroatoms. The zero-order chi connectivity index (χ0) is 24.9. The fourth-order valence-electron chi connectivity index (χ4n) is 3.82. The summed E-state index contributed by atoms with van der Waals surface area (Å²) >= 11 is 7.66. The van der Waals surface area contributed by atoms with Crippen molar-refractivity contribution < 1.29 is 18.0 Å². The molecular weight excluding hydrogens is 483 g/mol. The maximum absolute atomic E-state index is 13.9. The smallest absolute Gasteiger partial charge is 0.387 e. The summed E-state index contributed by atoms with van der Waals surface area (Å²) in [5.41, 5.74) is 0.842. The minimum atomic E-state index is -4.42. The maximum Gasteiger partial charge on any atom is 0.416 e. The molecule has 0 aliphatic heterocycles. The van der Waals surface area contributed by atoms with Crippen molar-refractivity contribution in [3.63, 3.8) is 0 Å². The zero-order valence-corrected chi connectivity index (χ0v) is 20.8. The van der Waals surface area contributed by atoms with E-state index in [0.29, 0.717) is 28.3 Å². The lowest BCUT2D eigenvalue weighted by Gasteiger charge is -2.32. The summed E-state index contributed by atoms with van der Waals surface area (Å²) in [6.07, 6.45) is -1.79. The van der Waals surface area contributed by atoms with Gasteiger partial charge in [0.05, 0.1) is 17.2 Å². The average molecular weight is 510 g/mol. The topological polar surface area (TPSA) is 45.2 Å². The Morgan fingerprint density at radius 3 is 2.59 bits per heavy atom. The Kier molecular flexibility index (Phi) is 8.60. The van der Waals surface area contributed by atoms with Crippen LogP contribution in [0.4, 0.5) is 18.9 Å². The van der Waals surface area contributed by atoms with E-state index in [-0.39, 0.29) is 30.8 Å². The van der Waals surface area contributed by atoms with Crippen LogP contribution in [0.15, 0.2) is 54.0 Å². The first-order chi connectivity index (χ1) is 16.1. The highest BCUT2D eigenvalue weighted by atomic mass is 35.5. The highest BCUT2D eigenvalue weighted by Gasteiger charge is 2.32. The van der Waals surface area contributed by atoms with Crippen LogP contribution >= 0.6 is 22.9 Å². The van der Waals surface area contributed by atoms with E-state index >= 15 is 0 Å². The molecule has 1 heterocycles. The maximum atomic E-state index is 13.9. The molecule has 0 saturated heterocycles. The molecule has 0 radical (unpaired) electrons. The number of carbonyl (C=O) groups excluding carboxylic acids is 1. The molecule has 2 aromatic carbocycles. The van der Waals surface area contributed by atoms with Crippen LogP contribution in [0, 0.1) is 5.92 Å². The molecule has 1 aromatic heterocycles. The number of anilines is 1. The number of benzene rings is 2. The number of rotatable bonds is 9. The second-order valence-electron chi connectivity index (χ2n) is 8.40. The van der Waals surface area contributed by atoms with Gasteiger partial charge in [0.15, 0.2) is 0 Å². The summed E-state index contributed by atoms with van der Waals surface area (Å²) in [6.45, 7) is 4.36. The first-order valence-electron chi connectivity index (χ1n) is 10.9. The number of aromatic nitrogens is 1. The Morgan fingerprint density at radius 2 is 1.97 bits per heavy atom. The zero-order valence-electron chi connectivity index (χ0n) is 19.2. The number of hydrogen-bond donors (Lipinski definition) is 1. The predicted molar refractivity (Wildman–Crippen MR) is 131 cm³/mol. The third-order valence-corrected chi connectivity index (χ3v) is 6.56. The summed E-state index contributed by atoms with van der Waals surface area (Å²) in [7, 11) is 1.72. The molecular formula is C25H27ClF3N3OS. The summed E-state index contributed by atoms with van der Waals surface area (Å²) in [6, 6.07) is 9.97. The van der Waals surface area contributed by atoms with Gasteiger partial charge in [-0.3, -0.25) is 4.79 Å². The quantitative estimate of drug-likeness (QED) is 0.328. The van der Waals surface area contributed by atoms with E-state index in [1.807, 2.05) is 5.38 Å². The van der Waals surface area contributed by atoms with Gasteiger partial charge in [-0.25, -0.2) is 4.98 Å². The Bertz CT molecular complexity index is 1100. The Hall–Kier alpha value is -2.58. The van der Waals surface area contributed by atoms with Gasteiger partial charge in [0.2, 0.25) is 0 Å². The second kappa shape index (κ2) is 11.2. The van der Waals surface area contributed by atoms with Gasteiger partial charge < -0.3 is 10.2 Å². The number of amides is 1. The van der Waals surface area contributed by atoms with Crippen molar-refractivity contribution in [1.29, 1.82) is 0 Å². The van der Waals surface area contributed by atoms with Crippen molar-refractivity contribution >= 4 is 34.5 Å². The number of alkyl halides is 3.